The molecule has 0 bridgehead atoms. The van der Waals surface area contributed by atoms with Gasteiger partial charge in [0, 0.05) is 29.9 Å². The standard InChI is InChI=1S/C20H21ClN2O4/c1-13-6-7-16(20(26)27)12-23(13)19(25)15-8-9-18(24)22(11-15)10-14-4-2-3-5-17(14)21/h2-5,8-9,11,13,16H,6-7,10,12H2,1H3,(H,26,27). The van der Waals surface area contributed by atoms with Gasteiger partial charge in [0.15, 0.2) is 0 Å². The van der Waals surface area contributed by atoms with Crippen LogP contribution in [0.25, 0.3) is 0 Å². The summed E-state index contributed by atoms with van der Waals surface area (Å²) in [6.45, 7) is 2.35. The van der Waals surface area contributed by atoms with Crippen LogP contribution in [-0.4, -0.2) is 39.0 Å². The smallest absolute Gasteiger partial charge is 0.308 e. The molecule has 142 valence electrons. The van der Waals surface area contributed by atoms with Crippen molar-refractivity contribution in [1.29, 1.82) is 0 Å². The van der Waals surface area contributed by atoms with Crippen LogP contribution in [0.3, 0.4) is 0 Å². The lowest BCUT2D eigenvalue weighted by molar-refractivity contribution is -0.143. The first kappa shape index (κ1) is 19.2. The number of nitrogens with zero attached hydrogens (tertiary/aromatic N) is 2. The Bertz CT molecular complexity index is 924. The Morgan fingerprint density at radius 3 is 2.63 bits per heavy atom. The summed E-state index contributed by atoms with van der Waals surface area (Å²) in [5, 5.41) is 9.82. The molecule has 1 aliphatic rings. The van der Waals surface area contributed by atoms with Crippen LogP contribution in [0.15, 0.2) is 47.4 Å². The van der Waals surface area contributed by atoms with Gasteiger partial charge in [-0.2, -0.15) is 0 Å². The zero-order chi connectivity index (χ0) is 19.6. The van der Waals surface area contributed by atoms with E-state index in [1.165, 1.54) is 22.9 Å². The zero-order valence-corrected chi connectivity index (χ0v) is 15.7. The Morgan fingerprint density at radius 2 is 1.93 bits per heavy atom. The monoisotopic (exact) mass is 388 g/mol. The highest BCUT2D eigenvalue weighted by Gasteiger charge is 2.33. The molecule has 2 heterocycles. The third-order valence-corrected chi connectivity index (χ3v) is 5.39. The Labute approximate surface area is 162 Å². The van der Waals surface area contributed by atoms with E-state index in [4.69, 9.17) is 11.6 Å². The number of pyridine rings is 1. The largest absolute Gasteiger partial charge is 0.481 e. The molecule has 2 aromatic rings. The molecular weight excluding hydrogens is 368 g/mol. The molecule has 1 aliphatic heterocycles. The molecule has 1 N–H and O–H groups in total. The zero-order valence-electron chi connectivity index (χ0n) is 15.0. The molecule has 2 atom stereocenters. The molecule has 1 amide bonds. The number of carbonyl (C=O) groups is 2. The fourth-order valence-corrected chi connectivity index (χ4v) is 3.54. The van der Waals surface area contributed by atoms with Crippen molar-refractivity contribution in [3.05, 3.63) is 69.1 Å². The van der Waals surface area contributed by atoms with E-state index >= 15 is 0 Å². The van der Waals surface area contributed by atoms with Gasteiger partial charge in [-0.25, -0.2) is 0 Å². The minimum Gasteiger partial charge on any atom is -0.481 e. The van der Waals surface area contributed by atoms with Crippen molar-refractivity contribution < 1.29 is 14.7 Å². The highest BCUT2D eigenvalue weighted by Crippen LogP contribution is 2.24. The van der Waals surface area contributed by atoms with Crippen molar-refractivity contribution >= 4 is 23.5 Å². The van der Waals surface area contributed by atoms with E-state index in [1.807, 2.05) is 25.1 Å². The van der Waals surface area contributed by atoms with Gasteiger partial charge in [0.1, 0.15) is 0 Å². The van der Waals surface area contributed by atoms with E-state index in [-0.39, 0.29) is 30.6 Å². The summed E-state index contributed by atoms with van der Waals surface area (Å²) < 4.78 is 1.44. The quantitative estimate of drug-likeness (QED) is 0.873. The maximum atomic E-state index is 13.0. The lowest BCUT2D eigenvalue weighted by atomic mass is 9.93. The fourth-order valence-electron chi connectivity index (χ4n) is 3.35. The number of carbonyl (C=O) groups excluding carboxylic acids is 1. The predicted octanol–water partition coefficient (Wildman–Crippen LogP) is 2.88. The van der Waals surface area contributed by atoms with Gasteiger partial charge in [-0.15, -0.1) is 0 Å². The lowest BCUT2D eigenvalue weighted by Gasteiger charge is -2.36. The first-order valence-corrected chi connectivity index (χ1v) is 9.22. The van der Waals surface area contributed by atoms with Gasteiger partial charge in [-0.1, -0.05) is 29.8 Å². The molecule has 0 spiro atoms. The average Bonchev–Trinajstić information content (AvgIpc) is 2.65. The number of likely N-dealkylation sites (tertiary alicyclic amines) is 1. The molecule has 7 heteroatoms. The molecule has 2 unspecified atom stereocenters. The number of hydrogen-bond donors (Lipinski definition) is 1. The van der Waals surface area contributed by atoms with Crippen LogP contribution in [-0.2, 0) is 11.3 Å². The van der Waals surface area contributed by atoms with Gasteiger partial charge < -0.3 is 14.6 Å². The molecule has 6 nitrogen and oxygen atoms in total. The molecule has 27 heavy (non-hydrogen) atoms. The minimum atomic E-state index is -0.886. The highest BCUT2D eigenvalue weighted by atomic mass is 35.5. The Morgan fingerprint density at radius 1 is 1.19 bits per heavy atom. The third kappa shape index (κ3) is 4.22. The molecule has 0 radical (unpaired) electrons. The molecule has 0 saturated carbocycles. The number of hydrogen-bond acceptors (Lipinski definition) is 3. The van der Waals surface area contributed by atoms with Crippen molar-refractivity contribution in [3.63, 3.8) is 0 Å². The lowest BCUT2D eigenvalue weighted by Crippen LogP contribution is -2.47. The first-order valence-electron chi connectivity index (χ1n) is 8.84. The Hall–Kier alpha value is -2.60. The second kappa shape index (κ2) is 7.96. The van der Waals surface area contributed by atoms with Crippen LogP contribution in [0.2, 0.25) is 5.02 Å². The Balaban J connectivity index is 1.86. The molecule has 1 aromatic heterocycles. The normalized spacial score (nSPS) is 19.7. The summed E-state index contributed by atoms with van der Waals surface area (Å²) in [4.78, 5) is 38.1. The summed E-state index contributed by atoms with van der Waals surface area (Å²) in [6.07, 6.45) is 2.72. The fraction of sp³-hybridized carbons (Fsp3) is 0.350. The number of carboxylic acid groups (broad SMARTS) is 1. The van der Waals surface area contributed by atoms with E-state index < -0.39 is 11.9 Å². The third-order valence-electron chi connectivity index (χ3n) is 5.02. The maximum Gasteiger partial charge on any atom is 0.308 e. The van der Waals surface area contributed by atoms with Gasteiger partial charge in [-0.3, -0.25) is 14.4 Å². The number of rotatable bonds is 4. The molecule has 1 fully saturated rings. The summed E-state index contributed by atoms with van der Waals surface area (Å²) >= 11 is 6.17. The minimum absolute atomic E-state index is 0.0444. The van der Waals surface area contributed by atoms with Crippen molar-refractivity contribution in [2.75, 3.05) is 6.54 Å². The molecule has 0 aliphatic carbocycles. The average molecular weight is 389 g/mol. The van der Waals surface area contributed by atoms with E-state index in [9.17, 15) is 19.5 Å². The molecule has 3 rings (SSSR count). The first-order chi connectivity index (χ1) is 12.9. The molecule has 1 aromatic carbocycles. The summed E-state index contributed by atoms with van der Waals surface area (Å²) in [5.41, 5.74) is 0.907. The van der Waals surface area contributed by atoms with Crippen LogP contribution < -0.4 is 5.56 Å². The molecular formula is C20H21ClN2O4. The number of benzene rings is 1. The van der Waals surface area contributed by atoms with Gasteiger partial charge in [0.2, 0.25) is 0 Å². The van der Waals surface area contributed by atoms with Crippen molar-refractivity contribution in [3.8, 4) is 0 Å². The van der Waals surface area contributed by atoms with E-state index in [2.05, 4.69) is 0 Å². The van der Waals surface area contributed by atoms with Crippen LogP contribution in [0.5, 0.6) is 0 Å². The number of piperidine rings is 1. The summed E-state index contributed by atoms with van der Waals surface area (Å²) in [6, 6.07) is 10.0. The number of halogens is 1. The number of carboxylic acids is 1. The van der Waals surface area contributed by atoms with Gasteiger partial charge in [0.05, 0.1) is 18.0 Å². The Kier molecular flexibility index (Phi) is 5.65. The topological polar surface area (TPSA) is 79.6 Å². The second-order valence-corrected chi connectivity index (χ2v) is 7.30. The summed E-state index contributed by atoms with van der Waals surface area (Å²) in [5.74, 6) is -1.70. The van der Waals surface area contributed by atoms with Crippen LogP contribution in [0.4, 0.5) is 0 Å². The number of aromatic nitrogens is 1. The highest BCUT2D eigenvalue weighted by molar-refractivity contribution is 6.31. The van der Waals surface area contributed by atoms with Crippen LogP contribution in [0.1, 0.15) is 35.7 Å². The van der Waals surface area contributed by atoms with Crippen LogP contribution in [0, 0.1) is 5.92 Å². The van der Waals surface area contributed by atoms with Crippen LogP contribution >= 0.6 is 11.6 Å². The maximum absolute atomic E-state index is 13.0. The van der Waals surface area contributed by atoms with E-state index in [0.717, 1.165) is 5.56 Å². The number of amides is 1. The molecule has 1 saturated heterocycles. The van der Waals surface area contributed by atoms with Crippen molar-refractivity contribution in [2.24, 2.45) is 5.92 Å². The predicted molar refractivity (Wildman–Crippen MR) is 102 cm³/mol. The second-order valence-electron chi connectivity index (χ2n) is 6.89. The summed E-state index contributed by atoms with van der Waals surface area (Å²) in [7, 11) is 0. The SMILES string of the molecule is CC1CCC(C(=O)O)CN1C(=O)c1ccc(=O)n(Cc2ccccc2Cl)c1. The van der Waals surface area contributed by atoms with Crippen molar-refractivity contribution in [1.82, 2.24) is 9.47 Å². The van der Waals surface area contributed by atoms with Gasteiger partial charge in [-0.05, 0) is 37.5 Å². The van der Waals surface area contributed by atoms with E-state index in [0.29, 0.717) is 23.4 Å². The van der Waals surface area contributed by atoms with E-state index in [1.54, 1.807) is 11.0 Å². The van der Waals surface area contributed by atoms with Crippen molar-refractivity contribution in [2.45, 2.75) is 32.4 Å². The van der Waals surface area contributed by atoms with Gasteiger partial charge >= 0.3 is 5.97 Å². The number of aliphatic carboxylic acids is 1. The van der Waals surface area contributed by atoms with Gasteiger partial charge in [0.25, 0.3) is 11.5 Å².